The molecule has 0 radical (unpaired) electrons. The topological polar surface area (TPSA) is 241 Å². The van der Waals surface area contributed by atoms with Gasteiger partial charge in [0.2, 0.25) is 11.6 Å². The summed E-state index contributed by atoms with van der Waals surface area (Å²) in [6, 6.07) is 3.78. The van der Waals surface area contributed by atoms with Crippen molar-refractivity contribution in [2.24, 2.45) is 0 Å². The van der Waals surface area contributed by atoms with Crippen molar-refractivity contribution < 1.29 is 59.3 Å². The Morgan fingerprint density at radius 2 is 1.40 bits per heavy atom. The van der Waals surface area contributed by atoms with Gasteiger partial charge in [-0.25, -0.2) is 0 Å². The van der Waals surface area contributed by atoms with Crippen LogP contribution in [-0.2, 0) is 21.4 Å². The van der Waals surface area contributed by atoms with Crippen molar-refractivity contribution in [3.05, 3.63) is 67.6 Å². The number of aliphatic hydroxyl groups is 4. The van der Waals surface area contributed by atoms with Gasteiger partial charge in [-0.1, -0.05) is 6.07 Å². The summed E-state index contributed by atoms with van der Waals surface area (Å²) in [4.78, 5) is 71.3. The Balaban J connectivity index is 1.50. The molecule has 7 N–H and O–H groups in total. The molecule has 234 valence electrons. The van der Waals surface area contributed by atoms with Crippen molar-refractivity contribution in [2.75, 3.05) is 14.2 Å². The SMILES string of the molecule is COc1cc(OC)c2c(c1O)C(=O)C1=C(C2=O)C(=O)C2(CCc3cc4cc(C(O)C(O)C(O)C(C)O)[nH]c(=O)c4c(O)c32)C1=O. The first-order valence-corrected chi connectivity index (χ1v) is 13.8. The molecule has 1 spiro atoms. The van der Waals surface area contributed by atoms with Gasteiger partial charge in [-0.3, -0.25) is 24.0 Å². The first-order valence-electron chi connectivity index (χ1n) is 13.8. The molecule has 3 aliphatic carbocycles. The Morgan fingerprint density at radius 1 is 0.800 bits per heavy atom. The first-order chi connectivity index (χ1) is 21.2. The molecule has 6 rings (SSSR count). The fourth-order valence-electron chi connectivity index (χ4n) is 6.71. The number of benzene rings is 2. The van der Waals surface area contributed by atoms with Crippen LogP contribution in [0.5, 0.6) is 23.0 Å². The van der Waals surface area contributed by atoms with E-state index in [1.165, 1.54) is 33.3 Å². The van der Waals surface area contributed by atoms with Gasteiger partial charge in [0, 0.05) is 11.6 Å². The number of phenols is 2. The normalized spacial score (nSPS) is 21.6. The molecule has 0 saturated carbocycles. The highest BCUT2D eigenvalue weighted by atomic mass is 16.5. The van der Waals surface area contributed by atoms with Crippen LogP contribution in [0, 0.1) is 0 Å². The number of H-pyrrole nitrogens is 1. The molecule has 1 heterocycles. The zero-order chi connectivity index (χ0) is 32.9. The smallest absolute Gasteiger partial charge is 0.259 e. The standard InChI is InChI=1S/C31H27NO13/c1-9(33)21(34)27(40)22(35)12-7-11-6-10-4-5-31(20(10)26(39)15(11)30(43)32-12)28(41)18-19(29(31)42)25(38)17-16(24(18)37)13(44-2)8-14(45-3)23(17)36/h6-9,21-22,27,33-36,39-40H,4-5H2,1-3H3,(H,32,43). The number of aliphatic hydroxyl groups excluding tert-OH is 4. The number of hydrogen-bond donors (Lipinski definition) is 7. The molecular weight excluding hydrogens is 594 g/mol. The van der Waals surface area contributed by atoms with E-state index in [2.05, 4.69) is 4.98 Å². The van der Waals surface area contributed by atoms with Crippen LogP contribution in [0.4, 0.5) is 0 Å². The monoisotopic (exact) mass is 621 g/mol. The number of rotatable bonds is 6. The van der Waals surface area contributed by atoms with Crippen LogP contribution in [0.3, 0.4) is 0 Å². The number of aromatic amines is 1. The molecule has 2 aromatic carbocycles. The number of allylic oxidation sites excluding steroid dienone is 2. The van der Waals surface area contributed by atoms with E-state index in [0.29, 0.717) is 0 Å². The summed E-state index contributed by atoms with van der Waals surface area (Å²) in [6.45, 7) is 1.19. The number of hydrogen-bond acceptors (Lipinski definition) is 13. The van der Waals surface area contributed by atoms with Crippen LogP contribution < -0.4 is 15.0 Å². The van der Waals surface area contributed by atoms with Gasteiger partial charge in [0.05, 0.1) is 53.7 Å². The summed E-state index contributed by atoms with van der Waals surface area (Å²) < 4.78 is 10.3. The van der Waals surface area contributed by atoms with Crippen LogP contribution in [0.15, 0.2) is 34.1 Å². The number of nitrogens with one attached hydrogen (secondary N) is 1. The number of fused-ring (bicyclic) bond motifs is 4. The van der Waals surface area contributed by atoms with Gasteiger partial charge in [-0.05, 0) is 36.8 Å². The van der Waals surface area contributed by atoms with Crippen LogP contribution in [0.2, 0.25) is 0 Å². The number of methoxy groups -OCH3 is 2. The average Bonchev–Trinajstić information content (AvgIpc) is 3.50. The summed E-state index contributed by atoms with van der Waals surface area (Å²) in [5.41, 5.74) is -5.93. The molecule has 45 heavy (non-hydrogen) atoms. The van der Waals surface area contributed by atoms with Crippen molar-refractivity contribution in [1.82, 2.24) is 4.98 Å². The summed E-state index contributed by atoms with van der Waals surface area (Å²) in [5, 5.41) is 62.3. The minimum Gasteiger partial charge on any atom is -0.507 e. The Hall–Kier alpha value is -4.89. The molecule has 5 unspecified atom stereocenters. The summed E-state index contributed by atoms with van der Waals surface area (Å²) in [7, 11) is 2.40. The third-order valence-corrected chi connectivity index (χ3v) is 8.95. The van der Waals surface area contributed by atoms with Crippen molar-refractivity contribution in [3.8, 4) is 23.0 Å². The predicted molar refractivity (Wildman–Crippen MR) is 152 cm³/mol. The largest absolute Gasteiger partial charge is 0.507 e. The van der Waals surface area contributed by atoms with Crippen LogP contribution in [0.1, 0.15) is 57.0 Å². The molecule has 14 nitrogen and oxygen atoms in total. The maximum Gasteiger partial charge on any atom is 0.259 e. The van der Waals surface area contributed by atoms with Crippen molar-refractivity contribution in [2.45, 2.75) is 49.6 Å². The van der Waals surface area contributed by atoms with Crippen LogP contribution in [-0.4, -0.2) is 91.3 Å². The Morgan fingerprint density at radius 3 is 1.98 bits per heavy atom. The third kappa shape index (κ3) is 3.80. The lowest BCUT2D eigenvalue weighted by Gasteiger charge is -2.25. The molecule has 0 saturated heterocycles. The number of ketones is 4. The second-order valence-electron chi connectivity index (χ2n) is 11.3. The molecule has 14 heteroatoms. The zero-order valence-corrected chi connectivity index (χ0v) is 24.0. The van der Waals surface area contributed by atoms with Gasteiger partial charge >= 0.3 is 0 Å². The lowest BCUT2D eigenvalue weighted by atomic mass is 9.75. The van der Waals surface area contributed by atoms with E-state index in [9.17, 15) is 54.6 Å². The Kier molecular flexibility index (Phi) is 6.75. The lowest BCUT2D eigenvalue weighted by Crippen LogP contribution is -2.40. The van der Waals surface area contributed by atoms with Crippen LogP contribution in [0.25, 0.3) is 10.8 Å². The second-order valence-corrected chi connectivity index (χ2v) is 11.3. The molecule has 0 amide bonds. The van der Waals surface area contributed by atoms with E-state index >= 15 is 0 Å². The van der Waals surface area contributed by atoms with Gasteiger partial charge in [0.25, 0.3) is 5.56 Å². The minimum atomic E-state index is -2.22. The van der Waals surface area contributed by atoms with E-state index in [1.807, 2.05) is 0 Å². The molecule has 0 bridgehead atoms. The van der Waals surface area contributed by atoms with Crippen molar-refractivity contribution in [3.63, 3.8) is 0 Å². The molecule has 0 aliphatic heterocycles. The van der Waals surface area contributed by atoms with E-state index < -0.39 is 92.3 Å². The number of aromatic hydroxyl groups is 2. The highest BCUT2D eigenvalue weighted by Gasteiger charge is 2.64. The number of carbonyl (C=O) groups is 4. The maximum absolute atomic E-state index is 14.1. The molecule has 0 fully saturated rings. The number of aromatic nitrogens is 1. The van der Waals surface area contributed by atoms with Gasteiger partial charge in [-0.2, -0.15) is 0 Å². The maximum atomic E-state index is 14.1. The highest BCUT2D eigenvalue weighted by Crippen LogP contribution is 2.55. The number of carbonyl (C=O) groups excluding carboxylic acids is 4. The second kappa shape index (κ2) is 10.1. The van der Waals surface area contributed by atoms with E-state index in [4.69, 9.17) is 9.47 Å². The number of Topliss-reactive ketones (excluding diaryl/α,β-unsaturated/α-hetero) is 4. The third-order valence-electron chi connectivity index (χ3n) is 8.95. The summed E-state index contributed by atoms with van der Waals surface area (Å²) in [6.07, 6.45) is -7.18. The Labute approximate surface area is 252 Å². The van der Waals surface area contributed by atoms with E-state index in [0.717, 1.165) is 6.07 Å². The van der Waals surface area contributed by atoms with E-state index in [-0.39, 0.29) is 51.9 Å². The highest BCUT2D eigenvalue weighted by molar-refractivity contribution is 6.54. The molecule has 1 aromatic heterocycles. The zero-order valence-electron chi connectivity index (χ0n) is 24.0. The average molecular weight is 622 g/mol. The van der Waals surface area contributed by atoms with Crippen LogP contribution >= 0.6 is 0 Å². The number of pyridine rings is 1. The molecule has 3 aromatic rings. The fourth-order valence-corrected chi connectivity index (χ4v) is 6.71. The summed E-state index contributed by atoms with van der Waals surface area (Å²) >= 11 is 0. The Bertz CT molecular complexity index is 1990. The van der Waals surface area contributed by atoms with Gasteiger partial charge in [0.1, 0.15) is 35.2 Å². The summed E-state index contributed by atoms with van der Waals surface area (Å²) in [5.74, 6) is -6.13. The van der Waals surface area contributed by atoms with E-state index in [1.54, 1.807) is 0 Å². The van der Waals surface area contributed by atoms with Gasteiger partial charge in [0.15, 0.2) is 23.1 Å². The number of phenolic OH excluding ortho intramolecular Hbond substituents is 2. The van der Waals surface area contributed by atoms with Gasteiger partial charge in [-0.15, -0.1) is 0 Å². The number of ether oxygens (including phenoxy) is 2. The molecular formula is C31H27NO13. The predicted octanol–water partition coefficient (Wildman–Crippen LogP) is -0.196. The fraction of sp³-hybridized carbons (Fsp3) is 0.323. The minimum absolute atomic E-state index is 0.00263. The quantitative estimate of drug-likeness (QED) is 0.140. The van der Waals surface area contributed by atoms with Crippen molar-refractivity contribution >= 4 is 33.9 Å². The lowest BCUT2D eigenvalue weighted by molar-refractivity contribution is -0.128. The molecule has 5 atom stereocenters. The first kappa shape index (κ1) is 30.1. The number of aryl methyl sites for hydroxylation is 1. The van der Waals surface area contributed by atoms with Crippen molar-refractivity contribution in [1.29, 1.82) is 0 Å². The van der Waals surface area contributed by atoms with Gasteiger partial charge < -0.3 is 45.1 Å². The molecule has 3 aliphatic rings.